The lowest BCUT2D eigenvalue weighted by molar-refractivity contribution is -0.148. The highest BCUT2D eigenvalue weighted by atomic mass is 19.3. The Balaban J connectivity index is 1.88. The zero-order chi connectivity index (χ0) is 18.7. The molecule has 1 atom stereocenters. The number of nitrogens with zero attached hydrogens (tertiary/aromatic N) is 1. The van der Waals surface area contributed by atoms with E-state index in [1.807, 2.05) is 0 Å². The van der Waals surface area contributed by atoms with E-state index in [2.05, 4.69) is 4.74 Å². The van der Waals surface area contributed by atoms with Crippen LogP contribution in [-0.4, -0.2) is 38.2 Å². The third-order valence-corrected chi connectivity index (χ3v) is 3.81. The molecular formula is C18H15F2NO5. The molecule has 0 saturated heterocycles. The minimum Gasteiger partial charge on any atom is -0.475 e. The van der Waals surface area contributed by atoms with Gasteiger partial charge < -0.3 is 19.1 Å². The number of halogens is 2. The molecule has 0 unspecified atom stereocenters. The zero-order valence-corrected chi connectivity index (χ0v) is 13.7. The Morgan fingerprint density at radius 3 is 2.50 bits per heavy atom. The molecule has 2 aromatic rings. The van der Waals surface area contributed by atoms with Crippen molar-refractivity contribution in [2.45, 2.75) is 12.7 Å². The first-order valence-electron chi connectivity index (χ1n) is 7.70. The van der Waals surface area contributed by atoms with Gasteiger partial charge in [-0.3, -0.25) is 4.79 Å². The van der Waals surface area contributed by atoms with Crippen LogP contribution in [-0.2, 0) is 9.53 Å². The standard InChI is InChI=1S/C18H15F2NO5/c1-24-17(23)15-10-21(13-4-2-3-5-14(13)26-15)16(22)11-6-8-12(9-7-11)25-18(19)20/h2-9,15,18H,10H2,1H3/t15-/m0/s1. The summed E-state index contributed by atoms with van der Waals surface area (Å²) in [5.74, 6) is -0.678. The van der Waals surface area contributed by atoms with E-state index < -0.39 is 24.6 Å². The summed E-state index contributed by atoms with van der Waals surface area (Å²) in [6.45, 7) is -2.97. The number of amides is 1. The second kappa shape index (κ2) is 7.38. The lowest BCUT2D eigenvalue weighted by atomic mass is 10.1. The fourth-order valence-electron chi connectivity index (χ4n) is 2.62. The number of rotatable bonds is 4. The summed E-state index contributed by atoms with van der Waals surface area (Å²) in [7, 11) is 1.24. The second-order valence-electron chi connectivity index (χ2n) is 5.42. The molecule has 0 radical (unpaired) electrons. The third kappa shape index (κ3) is 3.58. The summed E-state index contributed by atoms with van der Waals surface area (Å²) >= 11 is 0. The minimum atomic E-state index is -2.94. The summed E-state index contributed by atoms with van der Waals surface area (Å²) in [6.07, 6.45) is -0.958. The molecule has 3 rings (SSSR count). The number of para-hydroxylation sites is 2. The van der Waals surface area contributed by atoms with E-state index in [4.69, 9.17) is 9.47 Å². The molecule has 0 aliphatic carbocycles. The first kappa shape index (κ1) is 17.7. The normalized spacial score (nSPS) is 15.8. The number of ether oxygens (including phenoxy) is 3. The highest BCUT2D eigenvalue weighted by Crippen LogP contribution is 2.34. The largest absolute Gasteiger partial charge is 0.475 e. The van der Waals surface area contributed by atoms with Gasteiger partial charge in [0.15, 0.2) is 0 Å². The smallest absolute Gasteiger partial charge is 0.387 e. The van der Waals surface area contributed by atoms with E-state index >= 15 is 0 Å². The van der Waals surface area contributed by atoms with Gasteiger partial charge in [-0.25, -0.2) is 4.79 Å². The monoisotopic (exact) mass is 363 g/mol. The molecule has 2 aromatic carbocycles. The number of anilines is 1. The molecule has 26 heavy (non-hydrogen) atoms. The van der Waals surface area contributed by atoms with E-state index in [-0.39, 0.29) is 17.9 Å². The molecule has 0 aromatic heterocycles. The average Bonchev–Trinajstić information content (AvgIpc) is 2.66. The van der Waals surface area contributed by atoms with Crippen molar-refractivity contribution in [3.8, 4) is 11.5 Å². The van der Waals surface area contributed by atoms with Gasteiger partial charge in [-0.1, -0.05) is 12.1 Å². The van der Waals surface area contributed by atoms with Gasteiger partial charge in [-0.2, -0.15) is 8.78 Å². The summed E-state index contributed by atoms with van der Waals surface area (Å²) in [5, 5.41) is 0. The highest BCUT2D eigenvalue weighted by Gasteiger charge is 2.34. The van der Waals surface area contributed by atoms with Crippen molar-refractivity contribution in [2.24, 2.45) is 0 Å². The summed E-state index contributed by atoms with van der Waals surface area (Å²) in [4.78, 5) is 26.1. The van der Waals surface area contributed by atoms with E-state index in [0.717, 1.165) is 0 Å². The van der Waals surface area contributed by atoms with Crippen molar-refractivity contribution in [1.29, 1.82) is 0 Å². The predicted octanol–water partition coefficient (Wildman–Crippen LogP) is 2.87. The fraction of sp³-hybridized carbons (Fsp3) is 0.222. The maximum absolute atomic E-state index is 12.9. The van der Waals surface area contributed by atoms with Crippen molar-refractivity contribution in [3.05, 3.63) is 54.1 Å². The van der Waals surface area contributed by atoms with Crippen molar-refractivity contribution in [1.82, 2.24) is 0 Å². The van der Waals surface area contributed by atoms with Crippen molar-refractivity contribution in [2.75, 3.05) is 18.6 Å². The van der Waals surface area contributed by atoms with E-state index in [9.17, 15) is 18.4 Å². The Morgan fingerprint density at radius 2 is 1.85 bits per heavy atom. The molecule has 0 saturated carbocycles. The Hall–Kier alpha value is -3.16. The number of alkyl halides is 2. The number of fused-ring (bicyclic) bond motifs is 1. The molecule has 1 amide bonds. The number of esters is 1. The van der Waals surface area contributed by atoms with Crippen LogP contribution in [0.1, 0.15) is 10.4 Å². The van der Waals surface area contributed by atoms with Crippen molar-refractivity contribution >= 4 is 17.6 Å². The Kier molecular flexibility index (Phi) is 5.01. The van der Waals surface area contributed by atoms with E-state index in [1.54, 1.807) is 24.3 Å². The number of hydrogen-bond acceptors (Lipinski definition) is 5. The van der Waals surface area contributed by atoms with Crippen LogP contribution in [0.3, 0.4) is 0 Å². The third-order valence-electron chi connectivity index (χ3n) is 3.81. The van der Waals surface area contributed by atoms with Gasteiger partial charge in [0.05, 0.1) is 19.3 Å². The minimum absolute atomic E-state index is 0.0300. The molecule has 0 bridgehead atoms. The molecule has 0 N–H and O–H groups in total. The topological polar surface area (TPSA) is 65.1 Å². The van der Waals surface area contributed by atoms with Crippen LogP contribution < -0.4 is 14.4 Å². The molecule has 0 fully saturated rings. The van der Waals surface area contributed by atoms with Crippen LogP contribution in [0.25, 0.3) is 0 Å². The lowest BCUT2D eigenvalue weighted by Gasteiger charge is -2.33. The van der Waals surface area contributed by atoms with Crippen molar-refractivity contribution < 1.29 is 32.6 Å². The molecule has 8 heteroatoms. The van der Waals surface area contributed by atoms with Crippen LogP contribution in [0.2, 0.25) is 0 Å². The molecule has 6 nitrogen and oxygen atoms in total. The van der Waals surface area contributed by atoms with Gasteiger partial charge in [0.1, 0.15) is 11.5 Å². The number of benzene rings is 2. The quantitative estimate of drug-likeness (QED) is 0.782. The Labute approximate surface area is 147 Å². The maximum Gasteiger partial charge on any atom is 0.387 e. The summed E-state index contributed by atoms with van der Waals surface area (Å²) < 4.78 is 39.0. The number of carbonyl (C=O) groups is 2. The number of methoxy groups -OCH3 is 1. The predicted molar refractivity (Wildman–Crippen MR) is 87.6 cm³/mol. The maximum atomic E-state index is 12.9. The van der Waals surface area contributed by atoms with E-state index in [0.29, 0.717) is 11.4 Å². The summed E-state index contributed by atoms with van der Waals surface area (Å²) in [6, 6.07) is 12.1. The lowest BCUT2D eigenvalue weighted by Crippen LogP contribution is -2.47. The van der Waals surface area contributed by atoms with Gasteiger partial charge in [0, 0.05) is 5.56 Å². The summed E-state index contributed by atoms with van der Waals surface area (Å²) in [5.41, 5.74) is 0.762. The SMILES string of the molecule is COC(=O)[C@@H]1CN(C(=O)c2ccc(OC(F)F)cc2)c2ccccc2O1. The molecule has 1 aliphatic rings. The zero-order valence-electron chi connectivity index (χ0n) is 13.7. The van der Waals surface area contributed by atoms with Gasteiger partial charge >= 0.3 is 12.6 Å². The Bertz CT molecular complexity index is 809. The fourth-order valence-corrected chi connectivity index (χ4v) is 2.62. The second-order valence-corrected chi connectivity index (χ2v) is 5.42. The average molecular weight is 363 g/mol. The van der Waals surface area contributed by atoms with Crippen LogP contribution in [0.5, 0.6) is 11.5 Å². The first-order valence-corrected chi connectivity index (χ1v) is 7.70. The van der Waals surface area contributed by atoms with Gasteiger partial charge in [0.25, 0.3) is 5.91 Å². The van der Waals surface area contributed by atoms with Gasteiger partial charge in [-0.05, 0) is 36.4 Å². The van der Waals surface area contributed by atoms with Gasteiger partial charge in [-0.15, -0.1) is 0 Å². The Morgan fingerprint density at radius 1 is 1.15 bits per heavy atom. The first-order chi connectivity index (χ1) is 12.5. The molecule has 136 valence electrons. The molecule has 1 heterocycles. The molecule has 0 spiro atoms. The molecule has 1 aliphatic heterocycles. The van der Waals surface area contributed by atoms with Crippen molar-refractivity contribution in [3.63, 3.8) is 0 Å². The number of carbonyl (C=O) groups excluding carboxylic acids is 2. The number of hydrogen-bond donors (Lipinski definition) is 0. The van der Waals surface area contributed by atoms with Crippen LogP contribution in [0.15, 0.2) is 48.5 Å². The van der Waals surface area contributed by atoms with Gasteiger partial charge in [0.2, 0.25) is 6.10 Å². The van der Waals surface area contributed by atoms with Crippen LogP contribution in [0, 0.1) is 0 Å². The highest BCUT2D eigenvalue weighted by molar-refractivity contribution is 6.07. The molecular weight excluding hydrogens is 348 g/mol. The van der Waals surface area contributed by atoms with Crippen LogP contribution >= 0.6 is 0 Å². The van der Waals surface area contributed by atoms with Crippen LogP contribution in [0.4, 0.5) is 14.5 Å². The van der Waals surface area contributed by atoms with E-state index in [1.165, 1.54) is 36.3 Å².